The number of rotatable bonds is 2. The summed E-state index contributed by atoms with van der Waals surface area (Å²) >= 11 is 1.60. The molecule has 1 aliphatic rings. The Morgan fingerprint density at radius 1 is 1.32 bits per heavy atom. The number of aromatic nitrogens is 1. The van der Waals surface area contributed by atoms with Gasteiger partial charge in [-0.2, -0.15) is 0 Å². The lowest BCUT2D eigenvalue weighted by Gasteiger charge is -2.38. The Morgan fingerprint density at radius 2 is 2.05 bits per heavy atom. The molecule has 4 nitrogen and oxygen atoms in total. The second-order valence-electron chi connectivity index (χ2n) is 5.82. The molecule has 1 amide bonds. The molecule has 1 fully saturated rings. The summed E-state index contributed by atoms with van der Waals surface area (Å²) < 4.78 is 5.50. The first-order valence-corrected chi connectivity index (χ1v) is 8.37. The average Bonchev–Trinajstić information content (AvgIpc) is 2.94. The molecule has 3 rings (SSSR count). The number of thiazole rings is 1. The maximum absolute atomic E-state index is 12.9. The van der Waals surface area contributed by atoms with E-state index in [9.17, 15) is 4.79 Å². The Hall–Kier alpha value is -1.72. The molecule has 2 unspecified atom stereocenters. The van der Waals surface area contributed by atoms with Crippen LogP contribution in [0.4, 0.5) is 0 Å². The van der Waals surface area contributed by atoms with Crippen molar-refractivity contribution in [2.75, 3.05) is 13.2 Å². The van der Waals surface area contributed by atoms with Gasteiger partial charge in [-0.3, -0.25) is 4.79 Å². The van der Waals surface area contributed by atoms with E-state index in [-0.39, 0.29) is 18.0 Å². The van der Waals surface area contributed by atoms with E-state index in [0.29, 0.717) is 18.8 Å². The highest BCUT2D eigenvalue weighted by molar-refractivity contribution is 7.13. The number of aryl methyl sites for hydroxylation is 1. The van der Waals surface area contributed by atoms with Gasteiger partial charge in [0.25, 0.3) is 5.91 Å². The minimum absolute atomic E-state index is 0.0680. The second-order valence-corrected chi connectivity index (χ2v) is 6.68. The zero-order valence-corrected chi connectivity index (χ0v) is 13.9. The number of carbonyl (C=O) groups is 1. The van der Waals surface area contributed by atoms with Crippen molar-refractivity contribution in [3.63, 3.8) is 0 Å². The molecular weight excluding hydrogens is 296 g/mol. The van der Waals surface area contributed by atoms with Crippen molar-refractivity contribution in [3.05, 3.63) is 40.9 Å². The number of hydrogen-bond acceptors (Lipinski definition) is 4. The Labute approximate surface area is 134 Å². The third-order valence-corrected chi connectivity index (χ3v) is 4.89. The summed E-state index contributed by atoms with van der Waals surface area (Å²) in [7, 11) is 0. The first-order valence-electron chi connectivity index (χ1n) is 7.49. The van der Waals surface area contributed by atoms with E-state index in [0.717, 1.165) is 16.3 Å². The second kappa shape index (κ2) is 6.18. The number of benzene rings is 1. The minimum atomic E-state index is 0.0680. The average molecular weight is 316 g/mol. The number of hydrogen-bond donors (Lipinski definition) is 0. The molecular formula is C17H20N2O2S. The van der Waals surface area contributed by atoms with Crippen molar-refractivity contribution in [2.45, 2.75) is 32.9 Å². The number of nitrogens with zero attached hydrogens (tertiary/aromatic N) is 2. The zero-order chi connectivity index (χ0) is 15.7. The summed E-state index contributed by atoms with van der Waals surface area (Å²) in [6, 6.07) is 7.94. The fourth-order valence-corrected chi connectivity index (χ4v) is 3.62. The fourth-order valence-electron chi connectivity index (χ4n) is 2.83. The molecule has 2 aromatic rings. The molecule has 2 heterocycles. The van der Waals surface area contributed by atoms with Crippen molar-refractivity contribution >= 4 is 17.2 Å². The molecule has 1 saturated heterocycles. The number of amides is 1. The van der Waals surface area contributed by atoms with E-state index in [1.807, 2.05) is 55.3 Å². The van der Waals surface area contributed by atoms with Gasteiger partial charge in [0.15, 0.2) is 0 Å². The Bertz CT molecular complexity index is 673. The van der Waals surface area contributed by atoms with Crippen LogP contribution in [0, 0.1) is 6.92 Å². The molecule has 116 valence electrons. The van der Waals surface area contributed by atoms with Crippen LogP contribution in [0.15, 0.2) is 29.6 Å². The molecule has 0 saturated carbocycles. The van der Waals surface area contributed by atoms with E-state index >= 15 is 0 Å². The monoisotopic (exact) mass is 316 g/mol. The van der Waals surface area contributed by atoms with Crippen LogP contribution in [-0.4, -0.2) is 41.1 Å². The van der Waals surface area contributed by atoms with Crippen LogP contribution in [0.2, 0.25) is 0 Å². The predicted octanol–water partition coefficient (Wildman–Crippen LogP) is 3.37. The fraction of sp³-hybridized carbons (Fsp3) is 0.412. The van der Waals surface area contributed by atoms with Crippen molar-refractivity contribution in [1.29, 1.82) is 0 Å². The number of morpholine rings is 1. The first kappa shape index (κ1) is 15.2. The lowest BCUT2D eigenvalue weighted by molar-refractivity contribution is -0.0249. The molecule has 1 aromatic carbocycles. The molecule has 0 aliphatic carbocycles. The molecule has 0 radical (unpaired) electrons. The molecule has 0 bridgehead atoms. The van der Waals surface area contributed by atoms with Crippen molar-refractivity contribution in [2.24, 2.45) is 0 Å². The van der Waals surface area contributed by atoms with Crippen LogP contribution in [0.5, 0.6) is 0 Å². The van der Waals surface area contributed by atoms with Gasteiger partial charge < -0.3 is 9.64 Å². The summed E-state index contributed by atoms with van der Waals surface area (Å²) in [6.45, 7) is 7.23. The van der Waals surface area contributed by atoms with Crippen LogP contribution < -0.4 is 0 Å². The SMILES string of the molecule is Cc1csc(-c2cccc(C(=O)N3C(C)COCC3C)c2)n1. The lowest BCUT2D eigenvalue weighted by Crippen LogP contribution is -2.52. The van der Waals surface area contributed by atoms with Crippen LogP contribution in [0.25, 0.3) is 10.6 Å². The van der Waals surface area contributed by atoms with Gasteiger partial charge in [0.1, 0.15) is 5.01 Å². The van der Waals surface area contributed by atoms with Crippen molar-refractivity contribution in [3.8, 4) is 10.6 Å². The smallest absolute Gasteiger partial charge is 0.254 e. The molecule has 1 aliphatic heterocycles. The van der Waals surface area contributed by atoms with Crippen LogP contribution in [-0.2, 0) is 4.74 Å². The zero-order valence-electron chi connectivity index (χ0n) is 13.1. The Kier molecular flexibility index (Phi) is 4.27. The van der Waals surface area contributed by atoms with Crippen LogP contribution in [0.1, 0.15) is 29.9 Å². The van der Waals surface area contributed by atoms with E-state index in [1.54, 1.807) is 11.3 Å². The molecule has 22 heavy (non-hydrogen) atoms. The van der Waals surface area contributed by atoms with Crippen molar-refractivity contribution in [1.82, 2.24) is 9.88 Å². The summed E-state index contributed by atoms with van der Waals surface area (Å²) in [6.07, 6.45) is 0. The number of carbonyl (C=O) groups excluding carboxylic acids is 1. The van der Waals surface area contributed by atoms with E-state index in [1.165, 1.54) is 0 Å². The van der Waals surface area contributed by atoms with E-state index in [4.69, 9.17) is 4.74 Å². The van der Waals surface area contributed by atoms with Crippen LogP contribution in [0.3, 0.4) is 0 Å². The largest absolute Gasteiger partial charge is 0.377 e. The van der Waals surface area contributed by atoms with Gasteiger partial charge in [0, 0.05) is 22.2 Å². The quantitative estimate of drug-likeness (QED) is 0.853. The van der Waals surface area contributed by atoms with Gasteiger partial charge >= 0.3 is 0 Å². The summed E-state index contributed by atoms with van der Waals surface area (Å²) in [4.78, 5) is 19.3. The Balaban J connectivity index is 1.90. The van der Waals surface area contributed by atoms with Gasteiger partial charge in [-0.25, -0.2) is 4.98 Å². The minimum Gasteiger partial charge on any atom is -0.377 e. The van der Waals surface area contributed by atoms with Crippen LogP contribution >= 0.6 is 11.3 Å². The Morgan fingerprint density at radius 3 is 2.68 bits per heavy atom. The molecule has 1 aromatic heterocycles. The van der Waals surface area contributed by atoms with E-state index in [2.05, 4.69) is 4.98 Å². The molecule has 0 spiro atoms. The first-order chi connectivity index (χ1) is 10.6. The summed E-state index contributed by atoms with van der Waals surface area (Å²) in [5.41, 5.74) is 2.72. The maximum atomic E-state index is 12.9. The number of ether oxygens (including phenoxy) is 1. The third kappa shape index (κ3) is 2.91. The maximum Gasteiger partial charge on any atom is 0.254 e. The summed E-state index contributed by atoms with van der Waals surface area (Å²) in [5, 5.41) is 2.98. The van der Waals surface area contributed by atoms with Gasteiger partial charge in [0.2, 0.25) is 0 Å². The molecule has 5 heteroatoms. The van der Waals surface area contributed by atoms with Gasteiger partial charge in [-0.15, -0.1) is 11.3 Å². The normalized spacial score (nSPS) is 21.9. The van der Waals surface area contributed by atoms with E-state index < -0.39 is 0 Å². The standard InChI is InChI=1S/C17H20N2O2S/c1-11-10-22-16(18-11)14-5-4-6-15(7-14)17(20)19-12(2)8-21-9-13(19)3/h4-7,10,12-13H,8-9H2,1-3H3. The van der Waals surface area contributed by atoms with Gasteiger partial charge in [0.05, 0.1) is 25.3 Å². The summed E-state index contributed by atoms with van der Waals surface area (Å²) in [5.74, 6) is 0.0680. The highest BCUT2D eigenvalue weighted by atomic mass is 32.1. The highest BCUT2D eigenvalue weighted by Gasteiger charge is 2.30. The van der Waals surface area contributed by atoms with Gasteiger partial charge in [-0.05, 0) is 32.9 Å². The predicted molar refractivity (Wildman–Crippen MR) is 88.2 cm³/mol. The third-order valence-electron chi connectivity index (χ3n) is 3.88. The van der Waals surface area contributed by atoms with Gasteiger partial charge in [-0.1, -0.05) is 12.1 Å². The molecule has 2 atom stereocenters. The topological polar surface area (TPSA) is 42.4 Å². The highest BCUT2D eigenvalue weighted by Crippen LogP contribution is 2.25. The molecule has 0 N–H and O–H groups in total. The lowest BCUT2D eigenvalue weighted by atomic mass is 10.1. The van der Waals surface area contributed by atoms with Crippen molar-refractivity contribution < 1.29 is 9.53 Å².